The zero-order valence-corrected chi connectivity index (χ0v) is 13.2. The van der Waals surface area contributed by atoms with E-state index in [2.05, 4.69) is 0 Å². The molecule has 0 aliphatic carbocycles. The van der Waals surface area contributed by atoms with Crippen molar-refractivity contribution in [3.05, 3.63) is 52.4 Å². The second kappa shape index (κ2) is 7.48. The van der Waals surface area contributed by atoms with Crippen molar-refractivity contribution in [2.75, 3.05) is 0 Å². The van der Waals surface area contributed by atoms with Crippen molar-refractivity contribution in [1.29, 1.82) is 0 Å². The summed E-state index contributed by atoms with van der Waals surface area (Å²) in [6, 6.07) is 10.5. The van der Waals surface area contributed by atoms with Gasteiger partial charge in [-0.15, -0.1) is 0 Å². The average Bonchev–Trinajstić information content (AvgIpc) is 2.51. The summed E-state index contributed by atoms with van der Waals surface area (Å²) in [5.41, 5.74) is 1.05. The summed E-state index contributed by atoms with van der Waals surface area (Å²) in [7, 11) is 0. The van der Waals surface area contributed by atoms with Gasteiger partial charge >= 0.3 is 5.63 Å². The van der Waals surface area contributed by atoms with E-state index in [1.54, 1.807) is 12.1 Å². The highest BCUT2D eigenvalue weighted by Gasteiger charge is 2.07. The van der Waals surface area contributed by atoms with Crippen molar-refractivity contribution < 1.29 is 9.52 Å². The van der Waals surface area contributed by atoms with E-state index >= 15 is 0 Å². The van der Waals surface area contributed by atoms with Crippen LogP contribution in [-0.2, 0) is 0 Å². The Morgan fingerprint density at radius 2 is 1.48 bits per heavy atom. The van der Waals surface area contributed by atoms with Gasteiger partial charge in [-0.25, -0.2) is 4.79 Å². The first kappa shape index (κ1) is 16.8. The summed E-state index contributed by atoms with van der Waals surface area (Å²) < 4.78 is 5.20. The number of hydrogen-bond acceptors (Lipinski definition) is 3. The number of hydrogen-bond donors (Lipinski definition) is 1. The molecule has 3 rings (SSSR count). The second-order valence-electron chi connectivity index (χ2n) is 4.12. The lowest BCUT2D eigenvalue weighted by molar-refractivity contribution is 0.473. The van der Waals surface area contributed by atoms with Crippen LogP contribution in [0.15, 0.2) is 45.6 Å². The van der Waals surface area contributed by atoms with Gasteiger partial charge in [0.1, 0.15) is 11.3 Å². The maximum absolute atomic E-state index is 11.8. The molecular weight excluding hydrogens is 264 g/mol. The number of benzene rings is 2. The molecule has 0 amide bonds. The summed E-state index contributed by atoms with van der Waals surface area (Å²) >= 11 is 0. The van der Waals surface area contributed by atoms with Crippen LogP contribution in [-0.4, -0.2) is 5.11 Å². The summed E-state index contributed by atoms with van der Waals surface area (Å²) in [6.45, 7) is 9.93. The summed E-state index contributed by atoms with van der Waals surface area (Å²) in [5.74, 6) is 0.0899. The molecule has 0 spiro atoms. The minimum Gasteiger partial charge on any atom is -0.508 e. The number of rotatable bonds is 0. The largest absolute Gasteiger partial charge is 0.508 e. The van der Waals surface area contributed by atoms with Gasteiger partial charge in [-0.2, -0.15) is 0 Å². The van der Waals surface area contributed by atoms with Crippen LogP contribution in [0.5, 0.6) is 5.75 Å². The third-order valence-electron chi connectivity index (χ3n) is 2.85. The maximum atomic E-state index is 11.8. The Kier molecular flexibility index (Phi) is 5.97. The molecule has 0 saturated carbocycles. The topological polar surface area (TPSA) is 50.4 Å². The van der Waals surface area contributed by atoms with E-state index in [-0.39, 0.29) is 11.4 Å². The monoisotopic (exact) mass is 286 g/mol. The molecule has 0 aliphatic rings. The van der Waals surface area contributed by atoms with Gasteiger partial charge in [-0.3, -0.25) is 0 Å². The summed E-state index contributed by atoms with van der Waals surface area (Å²) in [4.78, 5) is 11.8. The minimum absolute atomic E-state index is 0.0899. The SMILES string of the molecule is CC.CC.Cc1ccc2c(c1)c(=O)oc1cc(O)ccc12. The number of phenols is 1. The summed E-state index contributed by atoms with van der Waals surface area (Å²) in [5, 5.41) is 11.6. The van der Waals surface area contributed by atoms with Crippen LogP contribution in [0.1, 0.15) is 33.3 Å². The first-order valence-electron chi connectivity index (χ1n) is 7.31. The van der Waals surface area contributed by atoms with E-state index in [9.17, 15) is 9.90 Å². The number of aromatic hydroxyl groups is 1. The number of phenolic OH excluding ortho intramolecular Hbond substituents is 1. The normalized spacial score (nSPS) is 9.57. The second-order valence-corrected chi connectivity index (χ2v) is 4.12. The molecule has 21 heavy (non-hydrogen) atoms. The molecule has 0 saturated heterocycles. The Hall–Kier alpha value is -2.29. The Morgan fingerprint density at radius 3 is 2.14 bits per heavy atom. The highest BCUT2D eigenvalue weighted by atomic mass is 16.4. The smallest absolute Gasteiger partial charge is 0.344 e. The van der Waals surface area contributed by atoms with Gasteiger partial charge in [0.15, 0.2) is 0 Å². The van der Waals surface area contributed by atoms with Gasteiger partial charge in [0, 0.05) is 11.5 Å². The van der Waals surface area contributed by atoms with Crippen LogP contribution in [0.25, 0.3) is 21.7 Å². The molecule has 1 N–H and O–H groups in total. The van der Waals surface area contributed by atoms with E-state index in [1.807, 2.05) is 52.8 Å². The fraction of sp³-hybridized carbons (Fsp3) is 0.278. The van der Waals surface area contributed by atoms with E-state index in [1.165, 1.54) is 6.07 Å². The van der Waals surface area contributed by atoms with Crippen LogP contribution in [0.4, 0.5) is 0 Å². The Bertz CT molecular complexity index is 785. The highest BCUT2D eigenvalue weighted by molar-refractivity contribution is 6.04. The van der Waals surface area contributed by atoms with Gasteiger partial charge in [0.2, 0.25) is 0 Å². The van der Waals surface area contributed by atoms with Crippen molar-refractivity contribution in [1.82, 2.24) is 0 Å². The molecule has 0 radical (unpaired) electrons. The molecule has 0 atom stereocenters. The zero-order chi connectivity index (χ0) is 16.0. The molecule has 0 fully saturated rings. The first-order chi connectivity index (χ1) is 10.1. The first-order valence-corrected chi connectivity index (χ1v) is 7.31. The van der Waals surface area contributed by atoms with Crippen molar-refractivity contribution in [3.8, 4) is 5.75 Å². The lowest BCUT2D eigenvalue weighted by atomic mass is 10.1. The summed E-state index contributed by atoms with van der Waals surface area (Å²) in [6.07, 6.45) is 0. The van der Waals surface area contributed by atoms with E-state index < -0.39 is 0 Å². The molecule has 1 heterocycles. The Balaban J connectivity index is 0.000000510. The van der Waals surface area contributed by atoms with Crippen molar-refractivity contribution in [2.45, 2.75) is 34.6 Å². The van der Waals surface area contributed by atoms with Gasteiger partial charge in [-0.1, -0.05) is 45.4 Å². The van der Waals surface area contributed by atoms with Crippen LogP contribution in [0.3, 0.4) is 0 Å². The molecule has 3 nitrogen and oxygen atoms in total. The number of fused-ring (bicyclic) bond motifs is 3. The van der Waals surface area contributed by atoms with Gasteiger partial charge in [-0.05, 0) is 30.5 Å². The van der Waals surface area contributed by atoms with Crippen molar-refractivity contribution >= 4 is 21.7 Å². The quantitative estimate of drug-likeness (QED) is 0.466. The van der Waals surface area contributed by atoms with Crippen molar-refractivity contribution in [3.63, 3.8) is 0 Å². The molecular formula is C18H22O3. The zero-order valence-electron chi connectivity index (χ0n) is 13.2. The Labute approximate surface area is 124 Å². The van der Waals surface area contributed by atoms with E-state index in [0.717, 1.165) is 16.3 Å². The third-order valence-corrected chi connectivity index (χ3v) is 2.85. The van der Waals surface area contributed by atoms with Gasteiger partial charge in [0.25, 0.3) is 0 Å². The minimum atomic E-state index is -0.373. The molecule has 0 bridgehead atoms. The molecule has 3 heteroatoms. The van der Waals surface area contributed by atoms with E-state index in [4.69, 9.17) is 4.42 Å². The fourth-order valence-corrected chi connectivity index (χ4v) is 2.03. The third kappa shape index (κ3) is 3.43. The number of aryl methyl sites for hydroxylation is 1. The molecule has 1 aromatic heterocycles. The van der Waals surface area contributed by atoms with Crippen molar-refractivity contribution in [2.24, 2.45) is 0 Å². The average molecular weight is 286 g/mol. The standard InChI is InChI=1S/C14H10O3.2C2H6/c1-8-2-4-10-11-5-3-9(15)7-13(11)17-14(16)12(10)6-8;2*1-2/h2-7,15H,1H3;2*1-2H3. The maximum Gasteiger partial charge on any atom is 0.344 e. The Morgan fingerprint density at radius 1 is 0.857 bits per heavy atom. The molecule has 0 aliphatic heterocycles. The molecule has 112 valence electrons. The lowest BCUT2D eigenvalue weighted by Crippen LogP contribution is -1.99. The van der Waals surface area contributed by atoms with E-state index in [0.29, 0.717) is 11.0 Å². The molecule has 3 aromatic rings. The van der Waals surface area contributed by atoms with Gasteiger partial charge in [0.05, 0.1) is 5.39 Å². The predicted octanol–water partition coefficient (Wildman–Crippen LogP) is 5.01. The highest BCUT2D eigenvalue weighted by Crippen LogP contribution is 2.26. The molecule has 2 aromatic carbocycles. The van der Waals surface area contributed by atoms with Gasteiger partial charge < -0.3 is 9.52 Å². The molecule has 0 unspecified atom stereocenters. The lowest BCUT2D eigenvalue weighted by Gasteiger charge is -2.03. The van der Waals surface area contributed by atoms with Crippen LogP contribution in [0, 0.1) is 6.92 Å². The van der Waals surface area contributed by atoms with Crippen LogP contribution in [0.2, 0.25) is 0 Å². The fourth-order valence-electron chi connectivity index (χ4n) is 2.03. The predicted molar refractivity (Wildman–Crippen MR) is 89.1 cm³/mol. The van der Waals surface area contributed by atoms with Crippen LogP contribution >= 0.6 is 0 Å². The van der Waals surface area contributed by atoms with Crippen LogP contribution < -0.4 is 5.63 Å².